The van der Waals surface area contributed by atoms with Crippen molar-refractivity contribution in [2.45, 2.75) is 31.8 Å². The molecular formula is C18H29N5O2. The van der Waals surface area contributed by atoms with Crippen molar-refractivity contribution in [2.24, 2.45) is 5.92 Å². The molecule has 7 nitrogen and oxygen atoms in total. The van der Waals surface area contributed by atoms with Crippen molar-refractivity contribution in [2.75, 3.05) is 52.2 Å². The molecule has 0 aromatic carbocycles. The third-order valence-corrected chi connectivity index (χ3v) is 5.01. The van der Waals surface area contributed by atoms with Gasteiger partial charge in [-0.2, -0.15) is 0 Å². The third-order valence-electron chi connectivity index (χ3n) is 5.01. The quantitative estimate of drug-likeness (QED) is 0.817. The zero-order chi connectivity index (χ0) is 17.8. The minimum Gasteiger partial charge on any atom is -0.470 e. The molecule has 1 aromatic rings. The third kappa shape index (κ3) is 4.39. The first-order valence-corrected chi connectivity index (χ1v) is 9.17. The Morgan fingerprint density at radius 2 is 1.92 bits per heavy atom. The van der Waals surface area contributed by atoms with Gasteiger partial charge in [0.05, 0.1) is 12.5 Å². The Labute approximate surface area is 150 Å². The molecule has 138 valence electrons. The molecule has 0 spiro atoms. The number of piperidine rings is 2. The first-order valence-electron chi connectivity index (χ1n) is 9.17. The number of ether oxygens (including phenoxy) is 1. The predicted molar refractivity (Wildman–Crippen MR) is 96.8 cm³/mol. The van der Waals surface area contributed by atoms with Gasteiger partial charge in [0, 0.05) is 39.6 Å². The van der Waals surface area contributed by atoms with Crippen LogP contribution in [0.4, 0.5) is 5.82 Å². The molecular weight excluding hydrogens is 318 g/mol. The van der Waals surface area contributed by atoms with Gasteiger partial charge in [-0.05, 0) is 39.3 Å². The summed E-state index contributed by atoms with van der Waals surface area (Å²) in [7, 11) is 5.94. The van der Waals surface area contributed by atoms with Gasteiger partial charge in [-0.15, -0.1) is 0 Å². The lowest BCUT2D eigenvalue weighted by Gasteiger charge is -2.37. The number of rotatable bonds is 4. The molecule has 0 unspecified atom stereocenters. The molecule has 3 heterocycles. The van der Waals surface area contributed by atoms with E-state index in [0.29, 0.717) is 12.4 Å². The highest BCUT2D eigenvalue weighted by atomic mass is 16.5. The van der Waals surface area contributed by atoms with Crippen LogP contribution in [0.25, 0.3) is 0 Å². The number of hydrogen-bond acceptors (Lipinski definition) is 6. The van der Waals surface area contributed by atoms with Crippen molar-refractivity contribution >= 4 is 11.7 Å². The summed E-state index contributed by atoms with van der Waals surface area (Å²) < 4.78 is 6.12. The van der Waals surface area contributed by atoms with E-state index in [2.05, 4.69) is 21.9 Å². The van der Waals surface area contributed by atoms with Crippen LogP contribution < -0.4 is 9.64 Å². The number of aromatic nitrogens is 2. The molecule has 0 aliphatic carbocycles. The van der Waals surface area contributed by atoms with Crippen molar-refractivity contribution in [1.29, 1.82) is 0 Å². The molecule has 2 saturated heterocycles. The minimum absolute atomic E-state index is 0.0191. The molecule has 3 rings (SSSR count). The molecule has 2 aliphatic heterocycles. The van der Waals surface area contributed by atoms with Crippen LogP contribution in [0.3, 0.4) is 0 Å². The molecule has 25 heavy (non-hydrogen) atoms. The number of hydrogen-bond donors (Lipinski definition) is 0. The van der Waals surface area contributed by atoms with Crippen molar-refractivity contribution in [1.82, 2.24) is 19.8 Å². The van der Waals surface area contributed by atoms with E-state index in [1.54, 1.807) is 12.4 Å². The summed E-state index contributed by atoms with van der Waals surface area (Å²) in [5, 5.41) is 0. The summed E-state index contributed by atoms with van der Waals surface area (Å²) in [6.45, 7) is 3.44. The van der Waals surface area contributed by atoms with Crippen LogP contribution in [0.15, 0.2) is 12.4 Å². The number of nitrogens with zero attached hydrogens (tertiary/aromatic N) is 5. The Morgan fingerprint density at radius 1 is 1.16 bits per heavy atom. The molecule has 0 saturated carbocycles. The second kappa shape index (κ2) is 7.99. The fourth-order valence-electron chi connectivity index (χ4n) is 3.73. The molecule has 1 amide bonds. The summed E-state index contributed by atoms with van der Waals surface area (Å²) in [4.78, 5) is 27.7. The van der Waals surface area contributed by atoms with Gasteiger partial charge in [0.25, 0.3) is 5.88 Å². The van der Waals surface area contributed by atoms with Crippen LogP contribution in [0.5, 0.6) is 5.88 Å². The molecule has 0 radical (unpaired) electrons. The molecule has 0 bridgehead atoms. The van der Waals surface area contributed by atoms with Gasteiger partial charge in [0.2, 0.25) is 5.91 Å². The van der Waals surface area contributed by atoms with Crippen LogP contribution in [-0.2, 0) is 4.79 Å². The molecule has 1 aromatic heterocycles. The van der Waals surface area contributed by atoms with Crippen LogP contribution >= 0.6 is 0 Å². The highest BCUT2D eigenvalue weighted by Crippen LogP contribution is 2.25. The highest BCUT2D eigenvalue weighted by Gasteiger charge is 2.32. The topological polar surface area (TPSA) is 61.8 Å². The summed E-state index contributed by atoms with van der Waals surface area (Å²) in [6.07, 6.45) is 7.31. The Kier molecular flexibility index (Phi) is 5.73. The van der Waals surface area contributed by atoms with Gasteiger partial charge in [0.1, 0.15) is 6.10 Å². The van der Waals surface area contributed by atoms with E-state index in [4.69, 9.17) is 4.74 Å². The van der Waals surface area contributed by atoms with E-state index >= 15 is 0 Å². The fourth-order valence-corrected chi connectivity index (χ4v) is 3.73. The van der Waals surface area contributed by atoms with Crippen molar-refractivity contribution in [3.05, 3.63) is 12.4 Å². The Hall–Kier alpha value is -1.89. The first kappa shape index (κ1) is 17.9. The largest absolute Gasteiger partial charge is 0.470 e. The van der Waals surface area contributed by atoms with Crippen LogP contribution in [-0.4, -0.2) is 79.1 Å². The SMILES string of the molecule is CN1CCC[C@@H](C(=O)N2CCC[C@@H](Oc3nccnc3N(C)C)C2)C1. The molecule has 2 aliphatic rings. The fraction of sp³-hybridized carbons (Fsp3) is 0.722. The average molecular weight is 347 g/mol. The van der Waals surface area contributed by atoms with Gasteiger partial charge in [-0.1, -0.05) is 0 Å². The van der Waals surface area contributed by atoms with E-state index in [1.165, 1.54) is 0 Å². The van der Waals surface area contributed by atoms with Gasteiger partial charge in [0.15, 0.2) is 5.82 Å². The number of anilines is 1. The van der Waals surface area contributed by atoms with Gasteiger partial charge in [-0.3, -0.25) is 4.79 Å². The van der Waals surface area contributed by atoms with Crippen molar-refractivity contribution in [3.63, 3.8) is 0 Å². The molecule has 2 fully saturated rings. The second-order valence-electron chi connectivity index (χ2n) is 7.35. The maximum Gasteiger partial charge on any atom is 0.257 e. The van der Waals surface area contributed by atoms with Crippen LogP contribution in [0.1, 0.15) is 25.7 Å². The zero-order valence-corrected chi connectivity index (χ0v) is 15.5. The number of amides is 1. The maximum absolute atomic E-state index is 12.9. The van der Waals surface area contributed by atoms with Gasteiger partial charge < -0.3 is 19.4 Å². The lowest BCUT2D eigenvalue weighted by Crippen LogP contribution is -2.49. The molecule has 2 atom stereocenters. The molecule has 0 N–H and O–H groups in total. The standard InChI is InChI=1S/C18H29N5O2/c1-21(2)16-17(20-9-8-19-16)25-15-7-5-11-23(13-15)18(24)14-6-4-10-22(3)12-14/h8-9,14-15H,4-7,10-13H2,1-3H3/t14-,15-/m1/s1. The second-order valence-corrected chi connectivity index (χ2v) is 7.35. The van der Waals surface area contributed by atoms with Crippen molar-refractivity contribution in [3.8, 4) is 5.88 Å². The van der Waals surface area contributed by atoms with E-state index < -0.39 is 0 Å². The first-order chi connectivity index (χ1) is 12.0. The lowest BCUT2D eigenvalue weighted by atomic mass is 9.95. The average Bonchev–Trinajstić information content (AvgIpc) is 2.61. The summed E-state index contributed by atoms with van der Waals surface area (Å²) in [5.41, 5.74) is 0. The van der Waals surface area contributed by atoms with E-state index in [-0.39, 0.29) is 17.9 Å². The summed E-state index contributed by atoms with van der Waals surface area (Å²) in [6, 6.07) is 0. The van der Waals surface area contributed by atoms with Crippen molar-refractivity contribution < 1.29 is 9.53 Å². The summed E-state index contributed by atoms with van der Waals surface area (Å²) >= 11 is 0. The van der Waals surface area contributed by atoms with Gasteiger partial charge >= 0.3 is 0 Å². The van der Waals surface area contributed by atoms with E-state index in [1.807, 2.05) is 23.9 Å². The Bertz CT molecular complexity index is 595. The molecule has 7 heteroatoms. The number of carbonyl (C=O) groups excluding carboxylic acids is 1. The number of carbonyl (C=O) groups is 1. The maximum atomic E-state index is 12.9. The van der Waals surface area contributed by atoms with Crippen LogP contribution in [0.2, 0.25) is 0 Å². The Morgan fingerprint density at radius 3 is 2.68 bits per heavy atom. The predicted octanol–water partition coefficient (Wildman–Crippen LogP) is 1.25. The smallest absolute Gasteiger partial charge is 0.257 e. The zero-order valence-electron chi connectivity index (χ0n) is 15.5. The van der Waals surface area contributed by atoms with Crippen LogP contribution in [0, 0.1) is 5.92 Å². The lowest BCUT2D eigenvalue weighted by molar-refractivity contribution is -0.139. The highest BCUT2D eigenvalue weighted by molar-refractivity contribution is 5.79. The normalized spacial score (nSPS) is 24.8. The minimum atomic E-state index is -0.0191. The number of likely N-dealkylation sites (tertiary alicyclic amines) is 2. The van der Waals surface area contributed by atoms with E-state index in [9.17, 15) is 4.79 Å². The monoisotopic (exact) mass is 347 g/mol. The Balaban J connectivity index is 1.62. The van der Waals surface area contributed by atoms with Gasteiger partial charge in [-0.25, -0.2) is 9.97 Å². The summed E-state index contributed by atoms with van der Waals surface area (Å²) in [5.74, 6) is 1.68. The van der Waals surface area contributed by atoms with E-state index in [0.717, 1.165) is 51.1 Å².